The van der Waals surface area contributed by atoms with Crippen molar-refractivity contribution >= 4 is 32.7 Å². The predicted molar refractivity (Wildman–Crippen MR) is 105 cm³/mol. The Hall–Kier alpha value is -3.31. The summed E-state index contributed by atoms with van der Waals surface area (Å²) in [5.74, 6) is -0.354. The molecule has 0 fully saturated rings. The molecule has 3 aromatic rings. The third-order valence-electron chi connectivity index (χ3n) is 4.15. The van der Waals surface area contributed by atoms with Gasteiger partial charge in [-0.05, 0) is 24.3 Å². The summed E-state index contributed by atoms with van der Waals surface area (Å²) >= 11 is 0. The van der Waals surface area contributed by atoms with E-state index in [1.54, 1.807) is 18.2 Å². The quantitative estimate of drug-likeness (QED) is 0.589. The second-order valence-corrected chi connectivity index (χ2v) is 8.09. The van der Waals surface area contributed by atoms with Gasteiger partial charge in [-0.1, -0.05) is 0 Å². The Morgan fingerprint density at radius 2 is 1.93 bits per heavy atom. The van der Waals surface area contributed by atoms with E-state index in [0.29, 0.717) is 22.7 Å². The molecule has 0 radical (unpaired) electrons. The Bertz CT molecular complexity index is 1210. The lowest BCUT2D eigenvalue weighted by atomic mass is 10.2. The number of nitrogens with zero attached hydrogens (tertiary/aromatic N) is 1. The molecule has 0 aliphatic carbocycles. The average molecular weight is 421 g/mol. The summed E-state index contributed by atoms with van der Waals surface area (Å²) in [6, 6.07) is 8.81. The molecule has 0 bridgehead atoms. The molecule has 11 heteroatoms. The lowest BCUT2D eigenvalue weighted by Gasteiger charge is -2.18. The van der Waals surface area contributed by atoms with Crippen LogP contribution in [0.2, 0.25) is 0 Å². The molecule has 0 aliphatic rings. The van der Waals surface area contributed by atoms with Crippen LogP contribution in [0, 0.1) is 0 Å². The fraction of sp³-hybridized carbons (Fsp3) is 0.222. The molecule has 0 saturated carbocycles. The first-order valence-corrected chi connectivity index (χ1v) is 9.79. The predicted octanol–water partition coefficient (Wildman–Crippen LogP) is 1.40. The van der Waals surface area contributed by atoms with Gasteiger partial charge in [0.1, 0.15) is 11.5 Å². The molecule has 0 aliphatic heterocycles. The van der Waals surface area contributed by atoms with Crippen molar-refractivity contribution in [3.05, 3.63) is 46.9 Å². The first-order valence-electron chi connectivity index (χ1n) is 8.35. The van der Waals surface area contributed by atoms with Crippen molar-refractivity contribution in [1.82, 2.24) is 9.29 Å². The molecule has 3 rings (SSSR count). The van der Waals surface area contributed by atoms with Gasteiger partial charge in [-0.15, -0.1) is 0 Å². The fourth-order valence-corrected chi connectivity index (χ4v) is 3.80. The summed E-state index contributed by atoms with van der Waals surface area (Å²) in [5, 5.41) is 2.61. The number of nitrogens with one attached hydrogen (secondary N) is 2. The van der Waals surface area contributed by atoms with Crippen LogP contribution >= 0.6 is 0 Å². The zero-order valence-electron chi connectivity index (χ0n) is 15.9. The topological polar surface area (TPSA) is 131 Å². The minimum absolute atomic E-state index is 0.107. The van der Waals surface area contributed by atoms with Crippen LogP contribution in [-0.4, -0.2) is 51.4 Å². The van der Waals surface area contributed by atoms with Gasteiger partial charge in [-0.3, -0.25) is 9.78 Å². The maximum absolute atomic E-state index is 12.8. The fourth-order valence-electron chi connectivity index (χ4n) is 2.65. The van der Waals surface area contributed by atoms with Crippen molar-refractivity contribution in [2.75, 3.05) is 33.1 Å². The van der Waals surface area contributed by atoms with E-state index >= 15 is 0 Å². The minimum atomic E-state index is -4.00. The van der Waals surface area contributed by atoms with E-state index in [1.165, 1.54) is 39.5 Å². The third kappa shape index (κ3) is 4.25. The highest BCUT2D eigenvalue weighted by molar-refractivity contribution is 7.89. The van der Waals surface area contributed by atoms with Crippen molar-refractivity contribution in [3.8, 4) is 11.5 Å². The van der Waals surface area contributed by atoms with E-state index in [1.807, 2.05) is 0 Å². The number of H-pyrrole nitrogens is 1. The number of aromatic nitrogens is 1. The van der Waals surface area contributed by atoms with Crippen LogP contribution in [0.5, 0.6) is 11.5 Å². The normalized spacial score (nSPS) is 11.6. The number of hydrogen-bond acceptors (Lipinski definition) is 7. The molecule has 0 spiro atoms. The van der Waals surface area contributed by atoms with Crippen molar-refractivity contribution < 1.29 is 27.1 Å². The van der Waals surface area contributed by atoms with Crippen LogP contribution in [0.4, 0.5) is 5.69 Å². The van der Waals surface area contributed by atoms with E-state index in [2.05, 4.69) is 10.3 Å². The van der Waals surface area contributed by atoms with Crippen molar-refractivity contribution in [2.24, 2.45) is 0 Å². The first kappa shape index (κ1) is 20.4. The lowest BCUT2D eigenvalue weighted by Crippen LogP contribution is -2.35. The number of carbonyl (C=O) groups is 1. The van der Waals surface area contributed by atoms with Gasteiger partial charge in [0, 0.05) is 19.2 Å². The summed E-state index contributed by atoms with van der Waals surface area (Å²) in [4.78, 5) is 26.0. The highest BCUT2D eigenvalue weighted by Gasteiger charge is 2.24. The molecule has 2 N–H and O–H groups in total. The van der Waals surface area contributed by atoms with Gasteiger partial charge in [-0.25, -0.2) is 13.2 Å². The second kappa shape index (κ2) is 7.97. The summed E-state index contributed by atoms with van der Waals surface area (Å²) in [5.41, 5.74) is 0.827. The number of likely N-dealkylation sites (N-methyl/N-ethyl adjacent to an activating group) is 1. The Kier molecular flexibility index (Phi) is 5.62. The van der Waals surface area contributed by atoms with E-state index in [9.17, 15) is 18.0 Å². The molecule has 1 amide bonds. The van der Waals surface area contributed by atoms with Crippen LogP contribution in [-0.2, 0) is 14.8 Å². The average Bonchev–Trinajstić information content (AvgIpc) is 3.06. The van der Waals surface area contributed by atoms with Gasteiger partial charge in [0.05, 0.1) is 36.9 Å². The monoisotopic (exact) mass is 421 g/mol. The summed E-state index contributed by atoms with van der Waals surface area (Å²) in [7, 11) is 0.208. The number of benzene rings is 2. The summed E-state index contributed by atoms with van der Waals surface area (Å²) in [6.07, 6.45) is 0. The van der Waals surface area contributed by atoms with Crippen molar-refractivity contribution in [3.63, 3.8) is 0 Å². The Labute approximate surface area is 166 Å². The van der Waals surface area contributed by atoms with Gasteiger partial charge in [0.2, 0.25) is 15.9 Å². The van der Waals surface area contributed by atoms with Crippen LogP contribution in [0.25, 0.3) is 11.1 Å². The molecular formula is C18H19N3O7S. The molecule has 154 valence electrons. The highest BCUT2D eigenvalue weighted by atomic mass is 32.2. The Morgan fingerprint density at radius 3 is 2.62 bits per heavy atom. The number of amides is 1. The lowest BCUT2D eigenvalue weighted by molar-refractivity contribution is -0.116. The van der Waals surface area contributed by atoms with E-state index in [4.69, 9.17) is 13.9 Å². The smallest absolute Gasteiger partial charge is 0.417 e. The van der Waals surface area contributed by atoms with Gasteiger partial charge >= 0.3 is 5.76 Å². The number of carbonyl (C=O) groups excluding carboxylic acids is 1. The molecule has 1 aromatic heterocycles. The first-order chi connectivity index (χ1) is 13.7. The number of sulfonamides is 1. The Balaban J connectivity index is 1.78. The number of anilines is 1. The molecule has 0 unspecified atom stereocenters. The van der Waals surface area contributed by atoms with Gasteiger partial charge < -0.3 is 19.2 Å². The van der Waals surface area contributed by atoms with E-state index in [-0.39, 0.29) is 10.5 Å². The molecule has 2 aromatic carbocycles. The molecule has 29 heavy (non-hydrogen) atoms. The third-order valence-corrected chi connectivity index (χ3v) is 5.95. The van der Waals surface area contributed by atoms with Crippen LogP contribution in [0.1, 0.15) is 0 Å². The number of methoxy groups -OCH3 is 2. The van der Waals surface area contributed by atoms with E-state index < -0.39 is 28.2 Å². The number of rotatable bonds is 7. The minimum Gasteiger partial charge on any atom is -0.497 e. The zero-order valence-corrected chi connectivity index (χ0v) is 16.7. The molecular weight excluding hydrogens is 402 g/mol. The maximum Gasteiger partial charge on any atom is 0.417 e. The van der Waals surface area contributed by atoms with E-state index in [0.717, 1.165) is 4.31 Å². The number of aromatic amines is 1. The maximum atomic E-state index is 12.8. The standard InChI is InChI=1S/C18H19N3O7S/c1-21(10-17(22)19-14-8-11(26-2)4-7-15(14)27-3)29(24,25)12-5-6-13-16(9-12)28-18(23)20-13/h4-9H,10H2,1-3H3,(H,19,22)(H,20,23). The molecule has 0 saturated heterocycles. The number of fused-ring (bicyclic) bond motifs is 1. The van der Waals surface area contributed by atoms with Crippen molar-refractivity contribution in [1.29, 1.82) is 0 Å². The summed E-state index contributed by atoms with van der Waals surface area (Å²) < 4.78 is 41.6. The largest absolute Gasteiger partial charge is 0.497 e. The number of oxazole rings is 1. The second-order valence-electron chi connectivity index (χ2n) is 6.05. The molecule has 0 atom stereocenters. The van der Waals surface area contributed by atoms with Gasteiger partial charge in [0.15, 0.2) is 5.58 Å². The Morgan fingerprint density at radius 1 is 1.17 bits per heavy atom. The highest BCUT2D eigenvalue weighted by Crippen LogP contribution is 2.29. The van der Waals surface area contributed by atoms with Gasteiger partial charge in [-0.2, -0.15) is 4.31 Å². The molecule has 10 nitrogen and oxygen atoms in total. The zero-order chi connectivity index (χ0) is 21.2. The number of hydrogen-bond donors (Lipinski definition) is 2. The van der Waals surface area contributed by atoms with Crippen molar-refractivity contribution in [2.45, 2.75) is 4.90 Å². The van der Waals surface area contributed by atoms with Crippen LogP contribution in [0.15, 0.2) is 50.5 Å². The SMILES string of the molecule is COc1ccc(OC)c(NC(=O)CN(C)S(=O)(=O)c2ccc3[nH]c(=O)oc3c2)c1. The molecule has 1 heterocycles. The number of ether oxygens (including phenoxy) is 2. The van der Waals surface area contributed by atoms with Crippen LogP contribution < -0.4 is 20.5 Å². The summed E-state index contributed by atoms with van der Waals surface area (Å²) in [6.45, 7) is -0.447. The van der Waals surface area contributed by atoms with Gasteiger partial charge in [0.25, 0.3) is 0 Å². The van der Waals surface area contributed by atoms with Crippen LogP contribution in [0.3, 0.4) is 0 Å².